The second-order valence-electron chi connectivity index (χ2n) is 6.47. The van der Waals surface area contributed by atoms with Crippen LogP contribution >= 0.6 is 15.9 Å². The van der Waals surface area contributed by atoms with Gasteiger partial charge in [-0.3, -0.25) is 4.79 Å². The number of methoxy groups -OCH3 is 1. The maximum Gasteiger partial charge on any atom is 0.337 e. The van der Waals surface area contributed by atoms with Crippen molar-refractivity contribution < 1.29 is 18.7 Å². The van der Waals surface area contributed by atoms with E-state index < -0.39 is 11.9 Å². The number of aromatic nitrogens is 1. The van der Waals surface area contributed by atoms with Gasteiger partial charge in [0.25, 0.3) is 5.91 Å². The summed E-state index contributed by atoms with van der Waals surface area (Å²) in [5.41, 5.74) is 1.86. The molecule has 0 unspecified atom stereocenters. The molecule has 1 N–H and O–H groups in total. The fraction of sp³-hybridized carbons (Fsp3) is 0.0435. The first-order chi connectivity index (χ1) is 15.0. The van der Waals surface area contributed by atoms with Crippen LogP contribution in [0.1, 0.15) is 20.7 Å². The third-order valence-corrected chi connectivity index (χ3v) is 4.87. The number of benzene rings is 2. The molecule has 2 aromatic heterocycles. The zero-order valence-electron chi connectivity index (χ0n) is 16.3. The van der Waals surface area contributed by atoms with Crippen molar-refractivity contribution in [2.75, 3.05) is 12.4 Å². The minimum absolute atomic E-state index is 0.133. The lowest BCUT2D eigenvalue weighted by atomic mass is 10.1. The Morgan fingerprint density at radius 2 is 1.87 bits per heavy atom. The van der Waals surface area contributed by atoms with E-state index >= 15 is 0 Å². The van der Waals surface area contributed by atoms with Crippen molar-refractivity contribution in [3.05, 3.63) is 94.1 Å². The number of pyridine rings is 1. The average molecular weight is 478 g/mol. The van der Waals surface area contributed by atoms with Gasteiger partial charge in [0.2, 0.25) is 5.55 Å². The molecule has 0 saturated heterocycles. The summed E-state index contributed by atoms with van der Waals surface area (Å²) in [5.74, 6) is -0.438. The maximum absolute atomic E-state index is 13.0. The highest BCUT2D eigenvalue weighted by Crippen LogP contribution is 2.21. The minimum atomic E-state index is -0.442. The van der Waals surface area contributed by atoms with E-state index in [4.69, 9.17) is 9.15 Å². The number of hydrogen-bond donors (Lipinski definition) is 1. The number of anilines is 1. The van der Waals surface area contributed by atoms with Crippen LogP contribution in [0, 0.1) is 0 Å². The molecule has 0 bridgehead atoms. The molecule has 31 heavy (non-hydrogen) atoms. The fourth-order valence-corrected chi connectivity index (χ4v) is 3.25. The van der Waals surface area contributed by atoms with Crippen LogP contribution in [-0.2, 0) is 4.74 Å². The number of carbonyl (C=O) groups is 2. The molecule has 0 aliphatic carbocycles. The fourth-order valence-electron chi connectivity index (χ4n) is 2.87. The van der Waals surface area contributed by atoms with E-state index in [1.54, 1.807) is 60.8 Å². The Morgan fingerprint density at radius 1 is 1.06 bits per heavy atom. The molecular weight excluding hydrogens is 462 g/mol. The van der Waals surface area contributed by atoms with Gasteiger partial charge in [0.1, 0.15) is 17.0 Å². The van der Waals surface area contributed by atoms with Crippen molar-refractivity contribution in [1.29, 1.82) is 0 Å². The lowest BCUT2D eigenvalue weighted by Gasteiger charge is -2.07. The van der Waals surface area contributed by atoms with Crippen LogP contribution in [0.5, 0.6) is 0 Å². The van der Waals surface area contributed by atoms with E-state index in [0.717, 1.165) is 9.86 Å². The molecule has 8 heteroatoms. The molecule has 0 saturated carbocycles. The Bertz CT molecular complexity index is 1330. The van der Waals surface area contributed by atoms with Gasteiger partial charge >= 0.3 is 5.97 Å². The molecule has 0 aliphatic heterocycles. The number of nitrogens with one attached hydrogen (secondary N) is 1. The molecule has 7 nitrogen and oxygen atoms in total. The zero-order valence-corrected chi connectivity index (χ0v) is 17.9. The molecule has 2 heterocycles. The zero-order chi connectivity index (χ0) is 21.8. The summed E-state index contributed by atoms with van der Waals surface area (Å²) in [7, 11) is 1.32. The first kappa shape index (κ1) is 20.5. The van der Waals surface area contributed by atoms with Gasteiger partial charge in [0, 0.05) is 16.1 Å². The third kappa shape index (κ3) is 4.70. The smallest absolute Gasteiger partial charge is 0.337 e. The lowest BCUT2D eigenvalue weighted by molar-refractivity contribution is 0.0600. The molecule has 0 spiro atoms. The summed E-state index contributed by atoms with van der Waals surface area (Å²) in [6, 6.07) is 18.9. The van der Waals surface area contributed by atoms with Crippen LogP contribution in [0.15, 0.2) is 86.8 Å². The molecule has 4 rings (SSSR count). The van der Waals surface area contributed by atoms with Crippen molar-refractivity contribution >= 4 is 50.3 Å². The van der Waals surface area contributed by atoms with E-state index in [1.807, 2.05) is 12.1 Å². The van der Waals surface area contributed by atoms with E-state index in [2.05, 4.69) is 31.2 Å². The summed E-state index contributed by atoms with van der Waals surface area (Å²) in [6.45, 7) is 0. The summed E-state index contributed by atoms with van der Waals surface area (Å²) in [5, 5.41) is 3.49. The van der Waals surface area contributed by atoms with Crippen LogP contribution in [0.3, 0.4) is 0 Å². The van der Waals surface area contributed by atoms with Crippen LogP contribution in [0.25, 0.3) is 11.0 Å². The van der Waals surface area contributed by atoms with Gasteiger partial charge in [-0.1, -0.05) is 22.0 Å². The lowest BCUT2D eigenvalue weighted by Crippen LogP contribution is -2.22. The number of amides is 1. The largest absolute Gasteiger partial charge is 0.465 e. The minimum Gasteiger partial charge on any atom is -0.465 e. The predicted octanol–water partition coefficient (Wildman–Crippen LogP) is 4.86. The number of carbonyl (C=O) groups excluding carboxylic acids is 2. The van der Waals surface area contributed by atoms with E-state index in [9.17, 15) is 9.59 Å². The average Bonchev–Trinajstić information content (AvgIpc) is 2.79. The monoisotopic (exact) mass is 477 g/mol. The van der Waals surface area contributed by atoms with Gasteiger partial charge in [0.15, 0.2) is 0 Å². The number of hydrogen-bond acceptors (Lipinski definition) is 6. The summed E-state index contributed by atoms with van der Waals surface area (Å²) in [6.07, 6.45) is 1.59. The first-order valence-corrected chi connectivity index (χ1v) is 10.0. The highest BCUT2D eigenvalue weighted by molar-refractivity contribution is 9.10. The molecule has 0 radical (unpaired) electrons. The van der Waals surface area contributed by atoms with Crippen molar-refractivity contribution in [3.8, 4) is 0 Å². The quantitative estimate of drug-likeness (QED) is 0.423. The molecule has 4 aromatic rings. The molecular formula is C23H16BrN3O4. The van der Waals surface area contributed by atoms with Crippen LogP contribution in [0.2, 0.25) is 0 Å². The second kappa shape index (κ2) is 8.93. The number of nitrogens with zero attached hydrogens (tertiary/aromatic N) is 2. The van der Waals surface area contributed by atoms with Crippen molar-refractivity contribution in [2.45, 2.75) is 0 Å². The Balaban J connectivity index is 1.81. The Kier molecular flexibility index (Phi) is 5.90. The SMILES string of the molecule is COC(=O)c1ccc(N=c2oc3ccc(Br)cc3cc2C(=O)Nc2ccccn2)cc1. The Morgan fingerprint density at radius 3 is 2.58 bits per heavy atom. The number of rotatable bonds is 4. The number of esters is 1. The Labute approximate surface area is 185 Å². The summed E-state index contributed by atoms with van der Waals surface area (Å²) < 4.78 is 11.5. The van der Waals surface area contributed by atoms with Gasteiger partial charge in [-0.25, -0.2) is 14.8 Å². The van der Waals surface area contributed by atoms with Gasteiger partial charge in [-0.2, -0.15) is 0 Å². The van der Waals surface area contributed by atoms with Crippen LogP contribution < -0.4 is 10.9 Å². The third-order valence-electron chi connectivity index (χ3n) is 4.38. The molecule has 154 valence electrons. The van der Waals surface area contributed by atoms with Crippen molar-refractivity contribution in [1.82, 2.24) is 4.98 Å². The number of ether oxygens (including phenoxy) is 1. The number of halogens is 1. The topological polar surface area (TPSA) is 93.8 Å². The van der Waals surface area contributed by atoms with E-state index in [1.165, 1.54) is 7.11 Å². The van der Waals surface area contributed by atoms with Crippen LogP contribution in [-0.4, -0.2) is 24.0 Å². The molecule has 0 atom stereocenters. The van der Waals surface area contributed by atoms with E-state index in [-0.39, 0.29) is 11.1 Å². The maximum atomic E-state index is 13.0. The molecule has 1 amide bonds. The Hall–Kier alpha value is -3.78. The normalized spacial score (nSPS) is 11.4. The van der Waals surface area contributed by atoms with Gasteiger partial charge in [0.05, 0.1) is 18.4 Å². The van der Waals surface area contributed by atoms with Gasteiger partial charge in [-0.05, 0) is 60.7 Å². The van der Waals surface area contributed by atoms with Gasteiger partial charge in [-0.15, -0.1) is 0 Å². The highest BCUT2D eigenvalue weighted by Gasteiger charge is 2.14. The van der Waals surface area contributed by atoms with E-state index in [0.29, 0.717) is 22.7 Å². The van der Waals surface area contributed by atoms with Crippen molar-refractivity contribution in [3.63, 3.8) is 0 Å². The van der Waals surface area contributed by atoms with Crippen molar-refractivity contribution in [2.24, 2.45) is 4.99 Å². The first-order valence-electron chi connectivity index (χ1n) is 9.22. The van der Waals surface area contributed by atoms with Gasteiger partial charge < -0.3 is 14.5 Å². The standard InChI is InChI=1S/C23H16BrN3O4/c1-30-23(29)14-5-8-17(9-6-14)26-22-18(21(28)27-20-4-2-3-11-25-20)13-15-12-16(24)7-10-19(15)31-22/h2-13H,1H3,(H,25,27,28). The van der Waals surface area contributed by atoms with Crippen LogP contribution in [0.4, 0.5) is 11.5 Å². The molecule has 0 aliphatic rings. The number of fused-ring (bicyclic) bond motifs is 1. The highest BCUT2D eigenvalue weighted by atomic mass is 79.9. The molecule has 0 fully saturated rings. The summed E-state index contributed by atoms with van der Waals surface area (Å²) >= 11 is 3.43. The molecule has 2 aromatic carbocycles. The summed E-state index contributed by atoms with van der Waals surface area (Å²) in [4.78, 5) is 33.2. The second-order valence-corrected chi connectivity index (χ2v) is 7.38. The predicted molar refractivity (Wildman–Crippen MR) is 119 cm³/mol.